The summed E-state index contributed by atoms with van der Waals surface area (Å²) < 4.78 is 5.90. The second-order valence-electron chi connectivity index (χ2n) is 7.54. The highest BCUT2D eigenvalue weighted by Crippen LogP contribution is 2.40. The molecule has 1 saturated carbocycles. The van der Waals surface area contributed by atoms with Gasteiger partial charge in [0.25, 0.3) is 0 Å². The Morgan fingerprint density at radius 2 is 1.90 bits per heavy atom. The number of carbonyl (C=O) groups excluding carboxylic acids is 1. The number of nitrogens with two attached hydrogens (primary N) is 1. The molecule has 1 saturated heterocycles. The van der Waals surface area contributed by atoms with E-state index in [1.54, 1.807) is 0 Å². The Hall–Kier alpha value is -0.610. The Balaban J connectivity index is 2.12. The number of nitrogens with zero attached hydrogens (tertiary/aromatic N) is 1. The molecule has 20 heavy (non-hydrogen) atoms. The average molecular weight is 282 g/mol. The van der Waals surface area contributed by atoms with Gasteiger partial charge >= 0.3 is 0 Å². The van der Waals surface area contributed by atoms with Crippen molar-refractivity contribution in [1.29, 1.82) is 0 Å². The molecule has 4 heteroatoms. The fourth-order valence-electron chi connectivity index (χ4n) is 3.76. The number of ether oxygens (including phenoxy) is 1. The predicted molar refractivity (Wildman–Crippen MR) is 80.3 cm³/mol. The smallest absolute Gasteiger partial charge is 0.230 e. The molecule has 0 aromatic carbocycles. The standard InChI is InChI=1S/C16H30N2O2/c1-12-5-7-16(10-17,8-6-12)14(19)18-9-13(2)20-15(3,4)11-18/h12-13H,5-11,17H2,1-4H3. The molecule has 2 fully saturated rings. The third kappa shape index (κ3) is 3.17. The van der Waals surface area contributed by atoms with E-state index >= 15 is 0 Å². The number of rotatable bonds is 2. The highest BCUT2D eigenvalue weighted by atomic mass is 16.5. The van der Waals surface area contributed by atoms with Crippen molar-refractivity contribution < 1.29 is 9.53 Å². The minimum absolute atomic E-state index is 0.0973. The molecule has 2 aliphatic rings. The molecule has 2 rings (SSSR count). The van der Waals surface area contributed by atoms with Gasteiger partial charge in [-0.1, -0.05) is 6.92 Å². The number of morpholine rings is 1. The molecule has 0 aromatic rings. The van der Waals surface area contributed by atoms with Crippen LogP contribution in [-0.2, 0) is 9.53 Å². The predicted octanol–water partition coefficient (Wildman–Crippen LogP) is 2.17. The van der Waals surface area contributed by atoms with Gasteiger partial charge in [-0.05, 0) is 52.4 Å². The Morgan fingerprint density at radius 3 is 2.40 bits per heavy atom. The van der Waals surface area contributed by atoms with E-state index in [1.165, 1.54) is 0 Å². The van der Waals surface area contributed by atoms with Gasteiger partial charge in [-0.2, -0.15) is 0 Å². The molecule has 4 nitrogen and oxygen atoms in total. The summed E-state index contributed by atoms with van der Waals surface area (Å²) in [6.45, 7) is 10.3. The zero-order chi connectivity index (χ0) is 15.0. The van der Waals surface area contributed by atoms with E-state index in [0.717, 1.165) is 31.6 Å². The van der Waals surface area contributed by atoms with E-state index in [9.17, 15) is 4.79 Å². The van der Waals surface area contributed by atoms with Crippen LogP contribution in [0.15, 0.2) is 0 Å². The molecule has 1 amide bonds. The van der Waals surface area contributed by atoms with Crippen molar-refractivity contribution in [2.45, 2.75) is 65.1 Å². The lowest BCUT2D eigenvalue weighted by molar-refractivity contribution is -0.168. The Bertz CT molecular complexity index is 359. The van der Waals surface area contributed by atoms with Crippen LogP contribution < -0.4 is 5.73 Å². The Kier molecular flexibility index (Phi) is 4.45. The van der Waals surface area contributed by atoms with Gasteiger partial charge in [0.05, 0.1) is 17.1 Å². The molecule has 0 aromatic heterocycles. The molecule has 1 heterocycles. The minimum atomic E-state index is -0.320. The summed E-state index contributed by atoms with van der Waals surface area (Å²) in [5.74, 6) is 0.984. The first-order valence-electron chi connectivity index (χ1n) is 7.95. The van der Waals surface area contributed by atoms with Crippen LogP contribution >= 0.6 is 0 Å². The Labute approximate surface area is 123 Å². The summed E-state index contributed by atoms with van der Waals surface area (Å²) >= 11 is 0. The lowest BCUT2D eigenvalue weighted by atomic mass is 9.69. The summed E-state index contributed by atoms with van der Waals surface area (Å²) in [6, 6.07) is 0. The van der Waals surface area contributed by atoms with Crippen molar-refractivity contribution >= 4 is 5.91 Å². The monoisotopic (exact) mass is 282 g/mol. The lowest BCUT2D eigenvalue weighted by Crippen LogP contribution is -2.59. The van der Waals surface area contributed by atoms with Gasteiger partial charge < -0.3 is 15.4 Å². The highest BCUT2D eigenvalue weighted by Gasteiger charge is 2.45. The van der Waals surface area contributed by atoms with Gasteiger partial charge in [0.2, 0.25) is 5.91 Å². The van der Waals surface area contributed by atoms with E-state index in [1.807, 2.05) is 11.8 Å². The Morgan fingerprint density at radius 1 is 1.30 bits per heavy atom. The maximum Gasteiger partial charge on any atom is 0.230 e. The zero-order valence-electron chi connectivity index (χ0n) is 13.4. The van der Waals surface area contributed by atoms with E-state index in [4.69, 9.17) is 10.5 Å². The summed E-state index contributed by atoms with van der Waals surface area (Å²) in [5.41, 5.74) is 5.44. The molecule has 1 aliphatic carbocycles. The van der Waals surface area contributed by atoms with Crippen molar-refractivity contribution in [3.8, 4) is 0 Å². The quantitative estimate of drug-likeness (QED) is 0.844. The molecule has 116 valence electrons. The topological polar surface area (TPSA) is 55.6 Å². The van der Waals surface area contributed by atoms with Crippen LogP contribution in [0.2, 0.25) is 0 Å². The van der Waals surface area contributed by atoms with E-state index in [-0.39, 0.29) is 23.0 Å². The number of carbonyl (C=O) groups is 1. The summed E-state index contributed by atoms with van der Waals surface area (Å²) in [6.07, 6.45) is 4.21. The van der Waals surface area contributed by atoms with Crippen LogP contribution in [0.4, 0.5) is 0 Å². The van der Waals surface area contributed by atoms with Crippen molar-refractivity contribution in [2.75, 3.05) is 19.6 Å². The lowest BCUT2D eigenvalue weighted by Gasteiger charge is -2.46. The van der Waals surface area contributed by atoms with Gasteiger partial charge in [-0.25, -0.2) is 0 Å². The van der Waals surface area contributed by atoms with E-state index in [2.05, 4.69) is 20.8 Å². The van der Waals surface area contributed by atoms with Crippen LogP contribution in [0.3, 0.4) is 0 Å². The zero-order valence-corrected chi connectivity index (χ0v) is 13.4. The number of amides is 1. The molecule has 1 aliphatic heterocycles. The van der Waals surface area contributed by atoms with Crippen LogP contribution in [0.5, 0.6) is 0 Å². The fourth-order valence-corrected chi connectivity index (χ4v) is 3.76. The molecule has 0 spiro atoms. The van der Waals surface area contributed by atoms with Gasteiger partial charge in [-0.15, -0.1) is 0 Å². The maximum atomic E-state index is 13.0. The van der Waals surface area contributed by atoms with Crippen molar-refractivity contribution in [2.24, 2.45) is 17.1 Å². The SMILES string of the molecule is CC1CCC(CN)(C(=O)N2CC(C)OC(C)(C)C2)CC1. The normalized spacial score (nSPS) is 37.8. The molecule has 2 N–H and O–H groups in total. The average Bonchev–Trinajstić information content (AvgIpc) is 2.37. The molecule has 0 bridgehead atoms. The third-order valence-electron chi connectivity index (χ3n) is 4.93. The van der Waals surface area contributed by atoms with Crippen LogP contribution in [0.1, 0.15) is 53.4 Å². The summed E-state index contributed by atoms with van der Waals surface area (Å²) in [4.78, 5) is 15.0. The van der Waals surface area contributed by atoms with Gasteiger partial charge in [0, 0.05) is 19.6 Å². The van der Waals surface area contributed by atoms with Crippen LogP contribution in [0.25, 0.3) is 0 Å². The van der Waals surface area contributed by atoms with Crippen LogP contribution in [-0.4, -0.2) is 42.1 Å². The van der Waals surface area contributed by atoms with E-state index < -0.39 is 0 Å². The van der Waals surface area contributed by atoms with Gasteiger partial charge in [0.1, 0.15) is 0 Å². The number of hydrogen-bond donors (Lipinski definition) is 1. The highest BCUT2D eigenvalue weighted by molar-refractivity contribution is 5.83. The molecular weight excluding hydrogens is 252 g/mol. The minimum Gasteiger partial charge on any atom is -0.369 e. The third-order valence-corrected chi connectivity index (χ3v) is 4.93. The summed E-state index contributed by atoms with van der Waals surface area (Å²) in [7, 11) is 0. The fraction of sp³-hybridized carbons (Fsp3) is 0.938. The maximum absolute atomic E-state index is 13.0. The molecular formula is C16H30N2O2. The van der Waals surface area contributed by atoms with Crippen LogP contribution in [0, 0.1) is 11.3 Å². The number of hydrogen-bond acceptors (Lipinski definition) is 3. The first-order chi connectivity index (χ1) is 9.28. The first kappa shape index (κ1) is 15.8. The largest absolute Gasteiger partial charge is 0.369 e. The van der Waals surface area contributed by atoms with Gasteiger partial charge in [0.15, 0.2) is 0 Å². The van der Waals surface area contributed by atoms with Crippen molar-refractivity contribution in [3.63, 3.8) is 0 Å². The second kappa shape index (κ2) is 5.64. The van der Waals surface area contributed by atoms with Gasteiger partial charge in [-0.3, -0.25) is 4.79 Å². The van der Waals surface area contributed by atoms with Crippen molar-refractivity contribution in [3.05, 3.63) is 0 Å². The molecule has 1 atom stereocenters. The van der Waals surface area contributed by atoms with Crippen molar-refractivity contribution in [1.82, 2.24) is 4.90 Å². The summed E-state index contributed by atoms with van der Waals surface area (Å²) in [5, 5.41) is 0. The first-order valence-corrected chi connectivity index (χ1v) is 7.95. The molecule has 1 unspecified atom stereocenters. The second-order valence-corrected chi connectivity index (χ2v) is 7.54. The molecule has 0 radical (unpaired) electrons. The van der Waals surface area contributed by atoms with E-state index in [0.29, 0.717) is 19.6 Å².